The van der Waals surface area contributed by atoms with Crippen molar-refractivity contribution in [2.75, 3.05) is 24.9 Å². The molecule has 18 nitrogen and oxygen atoms in total. The summed E-state index contributed by atoms with van der Waals surface area (Å²) >= 11 is 3.31. The summed E-state index contributed by atoms with van der Waals surface area (Å²) in [6, 6.07) is 14.6. The van der Waals surface area contributed by atoms with Crippen LogP contribution >= 0.6 is 15.9 Å². The SMILES string of the molecule is C.C.C.COC(=O)c1cc(Nc2nn(C3CCCC[C@@H]3C#N)cc2C(N)=O)ccc1B1OC(C)(C)C(C)(C)O1.COC(=O)c1cc(Nc2nn(C3CCCC[C@@H]3C#N)cc2C(N)=O)ccc1Br. The molecule has 2 saturated carbocycles. The summed E-state index contributed by atoms with van der Waals surface area (Å²) in [5, 5.41) is 34.2. The van der Waals surface area contributed by atoms with Crippen LogP contribution in [0.5, 0.6) is 0 Å². The minimum Gasteiger partial charge on any atom is -0.465 e. The lowest BCUT2D eigenvalue weighted by Crippen LogP contribution is -2.41. The number of esters is 2. The first kappa shape index (κ1) is 55.1. The first-order valence-corrected chi connectivity index (χ1v) is 21.8. The van der Waals surface area contributed by atoms with E-state index in [-0.39, 0.29) is 74.5 Å². The van der Waals surface area contributed by atoms with Gasteiger partial charge in [-0.15, -0.1) is 0 Å². The standard InChI is InChI=1S/C25H32BN5O5.C19H20BrN5O3.3CH4/c1-24(2)25(3,4)36-26(35-24)19-11-10-16(12-17(19)23(33)34-5)29-22-18(21(28)32)14-31(30-22)20-9-7-6-8-15(20)13-27;1-28-19(27)13-8-12(6-7-15(13)20)23-18-14(17(22)26)10-25(24-18)16-5-3-2-4-11(16)9-21;;;/h10-12,14-15,20H,6-9H2,1-5H3,(H2,28,32)(H,29,30);6-8,10-11,16H,2-5H2,1H3,(H2,22,26)(H,23,24);3*1H4/t15-,20?;11-,16?;;;/m11.../s1. The molecule has 3 aliphatic rings. The summed E-state index contributed by atoms with van der Waals surface area (Å²) in [5.74, 6) is -2.10. The summed E-state index contributed by atoms with van der Waals surface area (Å²) in [6.07, 6.45) is 10.4. The number of carbonyl (C=O) groups excluding carboxylic acids is 4. The molecule has 20 heteroatoms. The van der Waals surface area contributed by atoms with E-state index < -0.39 is 42.1 Å². The molecule has 4 atom stereocenters. The molecule has 3 fully saturated rings. The lowest BCUT2D eigenvalue weighted by Gasteiger charge is -2.32. The van der Waals surface area contributed by atoms with Crippen LogP contribution in [0.25, 0.3) is 0 Å². The van der Waals surface area contributed by atoms with Gasteiger partial charge in [0.2, 0.25) is 0 Å². The Bertz CT molecular complexity index is 2490. The number of halogens is 1. The van der Waals surface area contributed by atoms with Crippen LogP contribution in [0.4, 0.5) is 23.0 Å². The van der Waals surface area contributed by atoms with E-state index in [0.717, 1.165) is 51.4 Å². The second-order valence-electron chi connectivity index (χ2n) is 17.0. The fraction of sp³-hybridized carbons (Fsp3) is 0.489. The number of nitrogens with zero attached hydrogens (tertiary/aromatic N) is 6. The highest BCUT2D eigenvalue weighted by atomic mass is 79.9. The summed E-state index contributed by atoms with van der Waals surface area (Å²) in [6.45, 7) is 7.74. The number of hydrogen-bond acceptors (Lipinski definition) is 14. The highest BCUT2D eigenvalue weighted by Gasteiger charge is 2.52. The van der Waals surface area contributed by atoms with E-state index in [2.05, 4.69) is 48.9 Å². The molecule has 2 aliphatic carbocycles. The third kappa shape index (κ3) is 12.0. The molecule has 2 aromatic heterocycles. The van der Waals surface area contributed by atoms with Crippen molar-refractivity contribution in [3.05, 3.63) is 75.5 Å². The number of anilines is 4. The monoisotopic (exact) mass is 986 g/mol. The Balaban J connectivity index is 0.000000350. The predicted molar refractivity (Wildman–Crippen MR) is 260 cm³/mol. The maximum Gasteiger partial charge on any atom is 0.495 e. The van der Waals surface area contributed by atoms with Gasteiger partial charge in [0, 0.05) is 28.2 Å². The van der Waals surface area contributed by atoms with E-state index in [1.165, 1.54) is 14.2 Å². The highest BCUT2D eigenvalue weighted by molar-refractivity contribution is 9.10. The van der Waals surface area contributed by atoms with Crippen LogP contribution in [-0.2, 0) is 18.8 Å². The van der Waals surface area contributed by atoms with Crippen molar-refractivity contribution >= 4 is 75.3 Å². The second kappa shape index (κ2) is 23.0. The van der Waals surface area contributed by atoms with E-state index >= 15 is 0 Å². The van der Waals surface area contributed by atoms with Gasteiger partial charge >= 0.3 is 19.1 Å². The molecule has 2 aromatic carbocycles. The molecular formula is C47H64BBrN10O8. The maximum atomic E-state index is 12.7. The maximum absolute atomic E-state index is 12.7. The molecule has 1 aliphatic heterocycles. The number of benzene rings is 2. The number of nitrogens with one attached hydrogen (secondary N) is 2. The Morgan fingerprint density at radius 2 is 1.10 bits per heavy atom. The van der Waals surface area contributed by atoms with E-state index in [9.17, 15) is 29.7 Å². The van der Waals surface area contributed by atoms with Crippen LogP contribution in [0.1, 0.15) is 155 Å². The van der Waals surface area contributed by atoms with Gasteiger partial charge in [-0.1, -0.05) is 54.0 Å². The zero-order chi connectivity index (χ0) is 46.5. The first-order valence-electron chi connectivity index (χ1n) is 21.0. The molecule has 7 rings (SSSR count). The molecule has 360 valence electrons. The van der Waals surface area contributed by atoms with Crippen molar-refractivity contribution < 1.29 is 38.0 Å². The molecule has 2 amide bonds. The lowest BCUT2D eigenvalue weighted by molar-refractivity contribution is 0.00578. The third-order valence-electron chi connectivity index (χ3n) is 12.3. The van der Waals surface area contributed by atoms with Gasteiger partial charge in [-0.25, -0.2) is 9.59 Å². The zero-order valence-corrected chi connectivity index (χ0v) is 38.2. The van der Waals surface area contributed by atoms with Crippen molar-refractivity contribution in [1.82, 2.24) is 19.6 Å². The van der Waals surface area contributed by atoms with Gasteiger partial charge in [-0.2, -0.15) is 20.7 Å². The summed E-state index contributed by atoms with van der Waals surface area (Å²) in [4.78, 5) is 48.7. The fourth-order valence-corrected chi connectivity index (χ4v) is 8.47. The fourth-order valence-electron chi connectivity index (χ4n) is 8.06. The van der Waals surface area contributed by atoms with E-state index in [1.54, 1.807) is 58.2 Å². The first-order chi connectivity index (χ1) is 30.4. The van der Waals surface area contributed by atoms with E-state index in [0.29, 0.717) is 26.9 Å². The average molecular weight is 988 g/mol. The van der Waals surface area contributed by atoms with Crippen LogP contribution < -0.4 is 27.6 Å². The number of nitrogens with two attached hydrogens (primary N) is 2. The minimum atomic E-state index is -0.757. The Morgan fingerprint density at radius 3 is 1.52 bits per heavy atom. The van der Waals surface area contributed by atoms with Crippen molar-refractivity contribution in [3.63, 3.8) is 0 Å². The van der Waals surface area contributed by atoms with Gasteiger partial charge in [0.15, 0.2) is 11.6 Å². The van der Waals surface area contributed by atoms with Gasteiger partial charge in [0.1, 0.15) is 11.1 Å². The summed E-state index contributed by atoms with van der Waals surface area (Å²) in [7, 11) is 1.85. The topological polar surface area (TPSA) is 265 Å². The molecule has 0 radical (unpaired) electrons. The van der Waals surface area contributed by atoms with Crippen molar-refractivity contribution in [2.24, 2.45) is 23.3 Å². The molecule has 6 N–H and O–H groups in total. The largest absolute Gasteiger partial charge is 0.495 e. The molecule has 1 saturated heterocycles. The lowest BCUT2D eigenvalue weighted by atomic mass is 9.75. The number of primary amides is 2. The number of hydrogen-bond donors (Lipinski definition) is 4. The van der Waals surface area contributed by atoms with Gasteiger partial charge in [0.05, 0.1) is 72.6 Å². The predicted octanol–water partition coefficient (Wildman–Crippen LogP) is 8.50. The van der Waals surface area contributed by atoms with Crippen LogP contribution in [0, 0.1) is 34.5 Å². The second-order valence-corrected chi connectivity index (χ2v) is 17.8. The molecule has 0 spiro atoms. The molecule has 3 heterocycles. The van der Waals surface area contributed by atoms with Crippen LogP contribution in [0.2, 0.25) is 0 Å². The smallest absolute Gasteiger partial charge is 0.465 e. The zero-order valence-electron chi connectivity index (χ0n) is 36.6. The van der Waals surface area contributed by atoms with E-state index in [1.807, 2.05) is 27.7 Å². The Morgan fingerprint density at radius 1 is 0.701 bits per heavy atom. The van der Waals surface area contributed by atoms with Crippen molar-refractivity contribution in [3.8, 4) is 12.1 Å². The number of aromatic nitrogens is 4. The molecule has 0 bridgehead atoms. The number of rotatable bonds is 11. The van der Waals surface area contributed by atoms with Crippen molar-refractivity contribution in [1.29, 1.82) is 10.5 Å². The van der Waals surface area contributed by atoms with E-state index in [4.69, 9.17) is 30.2 Å². The minimum absolute atomic E-state index is 0. The Hall–Kier alpha value is -6.22. The molecule has 4 aromatic rings. The van der Waals surface area contributed by atoms with Crippen LogP contribution in [0.3, 0.4) is 0 Å². The molecule has 67 heavy (non-hydrogen) atoms. The number of carbonyl (C=O) groups is 4. The third-order valence-corrected chi connectivity index (χ3v) is 13.0. The Labute approximate surface area is 402 Å². The van der Waals surface area contributed by atoms with Crippen LogP contribution in [-0.4, -0.2) is 75.9 Å². The normalized spacial score (nSPS) is 20.0. The summed E-state index contributed by atoms with van der Waals surface area (Å²) < 4.78 is 26.0. The molecule has 2 unspecified atom stereocenters. The quantitative estimate of drug-likeness (QED) is 0.0811. The average Bonchev–Trinajstić information content (AvgIpc) is 3.96. The summed E-state index contributed by atoms with van der Waals surface area (Å²) in [5.41, 5.74) is 12.6. The van der Waals surface area contributed by atoms with Gasteiger partial charge in [-0.05, 0) is 105 Å². The van der Waals surface area contributed by atoms with Gasteiger partial charge in [0.25, 0.3) is 11.8 Å². The van der Waals surface area contributed by atoms with Gasteiger partial charge in [-0.3, -0.25) is 19.0 Å². The number of amides is 2. The highest BCUT2D eigenvalue weighted by Crippen LogP contribution is 2.38. The number of nitriles is 2. The van der Waals surface area contributed by atoms with Crippen LogP contribution in [0.15, 0.2) is 53.3 Å². The Kier molecular flexibility index (Phi) is 18.9. The van der Waals surface area contributed by atoms with Gasteiger partial charge < -0.3 is 40.9 Å². The molecular weight excluding hydrogens is 923 g/mol. The van der Waals surface area contributed by atoms with Crippen molar-refractivity contribution in [2.45, 2.75) is 125 Å². The number of methoxy groups -OCH3 is 2. The number of ether oxygens (including phenoxy) is 2.